The fourth-order valence-corrected chi connectivity index (χ4v) is 2.61. The minimum atomic E-state index is 0.261. The second-order valence-electron chi connectivity index (χ2n) is 4.48. The molecule has 0 spiro atoms. The van der Waals surface area contributed by atoms with Gasteiger partial charge in [0.05, 0.1) is 12.0 Å². The number of nitrogens with one attached hydrogen (secondary N) is 2. The highest BCUT2D eigenvalue weighted by Crippen LogP contribution is 2.25. The van der Waals surface area contributed by atoms with E-state index in [4.69, 9.17) is 5.26 Å². The van der Waals surface area contributed by atoms with Crippen molar-refractivity contribution in [1.29, 1.82) is 5.26 Å². The van der Waals surface area contributed by atoms with Gasteiger partial charge in [0, 0.05) is 18.6 Å². The maximum absolute atomic E-state index is 8.96. The highest BCUT2D eigenvalue weighted by Gasteiger charge is 2.29. The molecule has 2 rings (SSSR count). The Morgan fingerprint density at radius 2 is 2.14 bits per heavy atom. The lowest BCUT2D eigenvalue weighted by Crippen LogP contribution is -2.48. The highest BCUT2D eigenvalue weighted by atomic mass is 15.0. The van der Waals surface area contributed by atoms with E-state index in [0.29, 0.717) is 12.1 Å². The zero-order valence-electron chi connectivity index (χ0n) is 8.63. The van der Waals surface area contributed by atoms with E-state index in [1.807, 2.05) is 0 Å². The summed E-state index contributed by atoms with van der Waals surface area (Å²) in [6.45, 7) is 2.24. The fraction of sp³-hybridized carbons (Fsp3) is 0.909. The summed E-state index contributed by atoms with van der Waals surface area (Å²) in [7, 11) is 0. The average molecular weight is 193 g/mol. The van der Waals surface area contributed by atoms with Crippen molar-refractivity contribution in [3.63, 3.8) is 0 Å². The highest BCUT2D eigenvalue weighted by molar-refractivity contribution is 4.97. The van der Waals surface area contributed by atoms with Crippen LogP contribution in [0.4, 0.5) is 0 Å². The molecule has 78 valence electrons. The first kappa shape index (κ1) is 9.95. The Bertz CT molecular complexity index is 215. The predicted molar refractivity (Wildman–Crippen MR) is 55.8 cm³/mol. The molecule has 0 aromatic heterocycles. The molecular formula is C11H19N3. The van der Waals surface area contributed by atoms with Crippen LogP contribution in [-0.4, -0.2) is 25.2 Å². The van der Waals surface area contributed by atoms with Gasteiger partial charge in [-0.25, -0.2) is 0 Å². The Morgan fingerprint density at radius 1 is 1.21 bits per heavy atom. The van der Waals surface area contributed by atoms with Gasteiger partial charge in [0.15, 0.2) is 0 Å². The van der Waals surface area contributed by atoms with Crippen LogP contribution in [0, 0.1) is 17.2 Å². The lowest BCUT2D eigenvalue weighted by atomic mass is 10.0. The molecule has 3 unspecified atom stereocenters. The van der Waals surface area contributed by atoms with Crippen LogP contribution in [0.25, 0.3) is 0 Å². The topological polar surface area (TPSA) is 47.9 Å². The summed E-state index contributed by atoms with van der Waals surface area (Å²) in [5.41, 5.74) is 0. The summed E-state index contributed by atoms with van der Waals surface area (Å²) in [4.78, 5) is 0. The quantitative estimate of drug-likeness (QED) is 0.688. The zero-order valence-corrected chi connectivity index (χ0v) is 8.63. The molecule has 3 heteroatoms. The summed E-state index contributed by atoms with van der Waals surface area (Å²) >= 11 is 0. The maximum atomic E-state index is 8.96. The van der Waals surface area contributed by atoms with Crippen molar-refractivity contribution < 1.29 is 0 Å². The molecule has 1 saturated carbocycles. The molecule has 3 atom stereocenters. The van der Waals surface area contributed by atoms with Crippen LogP contribution in [0.2, 0.25) is 0 Å². The Morgan fingerprint density at radius 3 is 2.86 bits per heavy atom. The van der Waals surface area contributed by atoms with Gasteiger partial charge in [-0.05, 0) is 32.2 Å². The molecule has 2 fully saturated rings. The van der Waals surface area contributed by atoms with Gasteiger partial charge in [0.25, 0.3) is 0 Å². The largest absolute Gasteiger partial charge is 0.315 e. The van der Waals surface area contributed by atoms with E-state index in [1.54, 1.807) is 0 Å². The maximum Gasteiger partial charge on any atom is 0.0672 e. The number of rotatable bonds is 2. The van der Waals surface area contributed by atoms with Crippen LogP contribution in [0.15, 0.2) is 0 Å². The zero-order chi connectivity index (χ0) is 9.80. The van der Waals surface area contributed by atoms with Gasteiger partial charge < -0.3 is 10.6 Å². The third kappa shape index (κ3) is 2.26. The molecule has 1 aliphatic carbocycles. The van der Waals surface area contributed by atoms with Gasteiger partial charge in [-0.3, -0.25) is 0 Å². The lowest BCUT2D eigenvalue weighted by molar-refractivity contribution is 0.333. The van der Waals surface area contributed by atoms with Gasteiger partial charge in [0.1, 0.15) is 0 Å². The molecule has 14 heavy (non-hydrogen) atoms. The van der Waals surface area contributed by atoms with Crippen LogP contribution < -0.4 is 10.6 Å². The molecule has 0 aromatic carbocycles. The lowest BCUT2D eigenvalue weighted by Gasteiger charge is -2.28. The first-order valence-electron chi connectivity index (χ1n) is 5.76. The minimum Gasteiger partial charge on any atom is -0.315 e. The summed E-state index contributed by atoms with van der Waals surface area (Å²) < 4.78 is 0. The molecule has 3 nitrogen and oxygen atoms in total. The van der Waals surface area contributed by atoms with Crippen molar-refractivity contribution in [2.45, 2.75) is 44.2 Å². The van der Waals surface area contributed by atoms with Crippen molar-refractivity contribution in [2.24, 2.45) is 5.92 Å². The van der Waals surface area contributed by atoms with Crippen LogP contribution >= 0.6 is 0 Å². The van der Waals surface area contributed by atoms with Crippen molar-refractivity contribution in [1.82, 2.24) is 10.6 Å². The molecule has 1 heterocycles. The van der Waals surface area contributed by atoms with E-state index in [-0.39, 0.29) is 5.92 Å². The summed E-state index contributed by atoms with van der Waals surface area (Å²) in [6.07, 6.45) is 6.03. The van der Waals surface area contributed by atoms with E-state index >= 15 is 0 Å². The number of hydrogen-bond acceptors (Lipinski definition) is 3. The van der Waals surface area contributed by atoms with Crippen molar-refractivity contribution in [3.8, 4) is 6.07 Å². The molecular weight excluding hydrogens is 174 g/mol. The third-order valence-electron chi connectivity index (χ3n) is 3.43. The van der Waals surface area contributed by atoms with Crippen LogP contribution in [0.5, 0.6) is 0 Å². The van der Waals surface area contributed by atoms with Gasteiger partial charge in [-0.15, -0.1) is 0 Å². The molecule has 1 aliphatic heterocycles. The smallest absolute Gasteiger partial charge is 0.0672 e. The van der Waals surface area contributed by atoms with E-state index in [1.165, 1.54) is 25.7 Å². The van der Waals surface area contributed by atoms with Crippen LogP contribution in [0.3, 0.4) is 0 Å². The average Bonchev–Trinajstić information content (AvgIpc) is 2.67. The first-order chi connectivity index (χ1) is 6.90. The number of piperidine rings is 1. The van der Waals surface area contributed by atoms with E-state index < -0.39 is 0 Å². The van der Waals surface area contributed by atoms with Gasteiger partial charge in [0.2, 0.25) is 0 Å². The third-order valence-corrected chi connectivity index (χ3v) is 3.43. The second-order valence-corrected chi connectivity index (χ2v) is 4.48. The Labute approximate surface area is 85.9 Å². The Hall–Kier alpha value is -0.590. The SMILES string of the molecule is N#CC1CCCC1NC1CCCNC1. The van der Waals surface area contributed by atoms with Crippen molar-refractivity contribution >= 4 is 0 Å². The summed E-state index contributed by atoms with van der Waals surface area (Å²) in [5, 5.41) is 16.0. The Balaban J connectivity index is 1.81. The second kappa shape index (κ2) is 4.77. The summed E-state index contributed by atoms with van der Waals surface area (Å²) in [5.74, 6) is 0.261. The Kier molecular flexibility index (Phi) is 3.39. The van der Waals surface area contributed by atoms with E-state index in [9.17, 15) is 0 Å². The monoisotopic (exact) mass is 193 g/mol. The minimum absolute atomic E-state index is 0.261. The molecule has 2 aliphatic rings. The van der Waals surface area contributed by atoms with Crippen molar-refractivity contribution in [3.05, 3.63) is 0 Å². The number of hydrogen-bond donors (Lipinski definition) is 2. The van der Waals surface area contributed by atoms with Crippen LogP contribution in [0.1, 0.15) is 32.1 Å². The predicted octanol–water partition coefficient (Wildman–Crippen LogP) is 1.02. The number of nitriles is 1. The van der Waals surface area contributed by atoms with Gasteiger partial charge >= 0.3 is 0 Å². The standard InChI is InChI=1S/C11H19N3/c12-7-9-3-1-5-11(9)14-10-4-2-6-13-8-10/h9-11,13-14H,1-6,8H2. The van der Waals surface area contributed by atoms with Crippen LogP contribution in [-0.2, 0) is 0 Å². The summed E-state index contributed by atoms with van der Waals surface area (Å²) in [6, 6.07) is 3.48. The molecule has 0 aromatic rings. The first-order valence-corrected chi connectivity index (χ1v) is 5.76. The molecule has 0 amide bonds. The van der Waals surface area contributed by atoms with Gasteiger partial charge in [-0.2, -0.15) is 5.26 Å². The van der Waals surface area contributed by atoms with E-state index in [2.05, 4.69) is 16.7 Å². The van der Waals surface area contributed by atoms with E-state index in [0.717, 1.165) is 19.5 Å². The molecule has 2 N–H and O–H groups in total. The van der Waals surface area contributed by atoms with Crippen molar-refractivity contribution in [2.75, 3.05) is 13.1 Å². The molecule has 1 saturated heterocycles. The van der Waals surface area contributed by atoms with Gasteiger partial charge in [-0.1, -0.05) is 6.42 Å². The fourth-order valence-electron chi connectivity index (χ4n) is 2.61. The molecule has 0 bridgehead atoms. The molecule has 0 radical (unpaired) electrons. The normalized spacial score (nSPS) is 38.1. The number of nitrogens with zero attached hydrogens (tertiary/aromatic N) is 1.